The molecule has 0 fully saturated rings. The Balaban J connectivity index is 2.10. The second-order valence-electron chi connectivity index (χ2n) is 4.28. The van der Waals surface area contributed by atoms with Gasteiger partial charge >= 0.3 is 0 Å². The lowest BCUT2D eigenvalue weighted by Gasteiger charge is -2.07. The number of rotatable bonds is 4. The minimum Gasteiger partial charge on any atom is -0.489 e. The summed E-state index contributed by atoms with van der Waals surface area (Å²) in [5.41, 5.74) is 7.26. The summed E-state index contributed by atoms with van der Waals surface area (Å²) in [5.74, 6) is 0.528. The van der Waals surface area contributed by atoms with Crippen molar-refractivity contribution in [2.24, 2.45) is 0 Å². The molecular weight excluding hydrogens is 262 g/mol. The van der Waals surface area contributed by atoms with Crippen LogP contribution in [0.4, 0.5) is 5.69 Å². The number of hydrogen-bond acceptors (Lipinski definition) is 4. The highest BCUT2D eigenvalue weighted by Gasteiger charge is 2.07. The Labute approximate surface area is 112 Å². The molecule has 2 N–H and O–H groups in total. The number of benzene rings is 2. The molecule has 2 aromatic carbocycles. The van der Waals surface area contributed by atoms with Crippen LogP contribution in [0.3, 0.4) is 0 Å². The van der Waals surface area contributed by atoms with Gasteiger partial charge in [-0.1, -0.05) is 18.2 Å². The Kier molecular flexibility index (Phi) is 3.76. The van der Waals surface area contributed by atoms with Gasteiger partial charge in [-0.15, -0.1) is 0 Å². The molecule has 0 aliphatic heterocycles. The first kappa shape index (κ1) is 13.4. The summed E-state index contributed by atoms with van der Waals surface area (Å²) in [5, 5.41) is 0. The number of nitrogens with two attached hydrogens (primary N) is 1. The van der Waals surface area contributed by atoms with E-state index in [0.29, 0.717) is 18.0 Å². The number of hydrogen-bond donors (Lipinski definition) is 1. The number of ether oxygens (including phenoxy) is 1. The van der Waals surface area contributed by atoms with Crippen LogP contribution in [0.5, 0.6) is 5.75 Å². The van der Waals surface area contributed by atoms with E-state index in [1.807, 2.05) is 12.1 Å². The van der Waals surface area contributed by atoms with Gasteiger partial charge in [0, 0.05) is 11.9 Å². The molecule has 100 valence electrons. The predicted octanol–water partition coefficient (Wildman–Crippen LogP) is 2.25. The second kappa shape index (κ2) is 5.32. The summed E-state index contributed by atoms with van der Waals surface area (Å²) >= 11 is 0. The summed E-state index contributed by atoms with van der Waals surface area (Å²) in [6.07, 6.45) is 1.17. The van der Waals surface area contributed by atoms with Crippen LogP contribution < -0.4 is 10.5 Å². The molecule has 19 heavy (non-hydrogen) atoms. The fraction of sp³-hybridized carbons (Fsp3) is 0.143. The number of nitrogen functional groups attached to an aromatic ring is 1. The highest BCUT2D eigenvalue weighted by molar-refractivity contribution is 7.90. The van der Waals surface area contributed by atoms with Crippen LogP contribution in [-0.4, -0.2) is 14.7 Å². The molecule has 0 atom stereocenters. The summed E-state index contributed by atoms with van der Waals surface area (Å²) in [6, 6.07) is 13.8. The molecule has 0 radical (unpaired) electrons. The first-order chi connectivity index (χ1) is 8.95. The van der Waals surface area contributed by atoms with Crippen molar-refractivity contribution in [1.82, 2.24) is 0 Å². The summed E-state index contributed by atoms with van der Waals surface area (Å²) in [6.45, 7) is 0.369. The molecular formula is C14H15NO3S. The maximum atomic E-state index is 11.4. The molecule has 0 amide bonds. The lowest BCUT2D eigenvalue weighted by Crippen LogP contribution is -1.99. The molecule has 5 heteroatoms. The van der Waals surface area contributed by atoms with E-state index in [0.717, 1.165) is 5.56 Å². The summed E-state index contributed by atoms with van der Waals surface area (Å²) < 4.78 is 28.4. The van der Waals surface area contributed by atoms with Crippen molar-refractivity contribution in [3.8, 4) is 5.75 Å². The molecule has 2 rings (SSSR count). The van der Waals surface area contributed by atoms with Gasteiger partial charge < -0.3 is 10.5 Å². The Hall–Kier alpha value is -2.01. The van der Waals surface area contributed by atoms with E-state index >= 15 is 0 Å². The molecule has 4 nitrogen and oxygen atoms in total. The van der Waals surface area contributed by atoms with Crippen molar-refractivity contribution in [3.63, 3.8) is 0 Å². The normalized spacial score (nSPS) is 11.2. The maximum Gasteiger partial charge on any atom is 0.175 e. The Morgan fingerprint density at radius 1 is 1.11 bits per heavy atom. The number of anilines is 1. The van der Waals surface area contributed by atoms with Crippen molar-refractivity contribution < 1.29 is 13.2 Å². The average molecular weight is 277 g/mol. The molecule has 2 aromatic rings. The van der Waals surface area contributed by atoms with Crippen LogP contribution >= 0.6 is 0 Å². The summed E-state index contributed by atoms with van der Waals surface area (Å²) in [4.78, 5) is 0.252. The van der Waals surface area contributed by atoms with Gasteiger partial charge in [0.25, 0.3) is 0 Å². The quantitative estimate of drug-likeness (QED) is 0.870. The van der Waals surface area contributed by atoms with Crippen molar-refractivity contribution in [1.29, 1.82) is 0 Å². The van der Waals surface area contributed by atoms with Crippen LogP contribution in [0.1, 0.15) is 5.56 Å². The molecule has 0 saturated heterocycles. The Morgan fingerprint density at radius 3 is 2.42 bits per heavy atom. The highest BCUT2D eigenvalue weighted by Crippen LogP contribution is 2.18. The largest absolute Gasteiger partial charge is 0.489 e. The molecule has 0 aromatic heterocycles. The lowest BCUT2D eigenvalue weighted by molar-refractivity contribution is 0.305. The van der Waals surface area contributed by atoms with Gasteiger partial charge in [0.2, 0.25) is 0 Å². The van der Waals surface area contributed by atoms with Gasteiger partial charge in [-0.25, -0.2) is 8.42 Å². The first-order valence-electron chi connectivity index (χ1n) is 5.72. The van der Waals surface area contributed by atoms with E-state index in [4.69, 9.17) is 10.5 Å². The van der Waals surface area contributed by atoms with Crippen LogP contribution in [0, 0.1) is 0 Å². The van der Waals surface area contributed by atoms with Crippen molar-refractivity contribution in [3.05, 3.63) is 54.1 Å². The molecule has 0 saturated carbocycles. The highest BCUT2D eigenvalue weighted by atomic mass is 32.2. The van der Waals surface area contributed by atoms with E-state index in [9.17, 15) is 8.42 Å². The fourth-order valence-electron chi connectivity index (χ4n) is 1.58. The maximum absolute atomic E-state index is 11.4. The van der Waals surface area contributed by atoms with Crippen molar-refractivity contribution in [2.75, 3.05) is 12.0 Å². The first-order valence-corrected chi connectivity index (χ1v) is 7.61. The third-order valence-corrected chi connectivity index (χ3v) is 3.73. The van der Waals surface area contributed by atoms with E-state index in [-0.39, 0.29) is 4.90 Å². The predicted molar refractivity (Wildman–Crippen MR) is 74.7 cm³/mol. The van der Waals surface area contributed by atoms with E-state index in [2.05, 4.69) is 0 Å². The third kappa shape index (κ3) is 3.72. The van der Waals surface area contributed by atoms with Gasteiger partial charge in [-0.05, 0) is 35.9 Å². The van der Waals surface area contributed by atoms with Crippen molar-refractivity contribution in [2.45, 2.75) is 11.5 Å². The van der Waals surface area contributed by atoms with Gasteiger partial charge in [0.1, 0.15) is 12.4 Å². The standard InChI is InChI=1S/C14H15NO3S/c1-19(16,17)14-4-2-3-13(9-14)18-10-11-5-7-12(15)8-6-11/h2-9H,10,15H2,1H3. The molecule has 0 bridgehead atoms. The monoisotopic (exact) mass is 277 g/mol. The average Bonchev–Trinajstić information content (AvgIpc) is 2.37. The van der Waals surface area contributed by atoms with Gasteiger partial charge in [0.05, 0.1) is 4.90 Å². The van der Waals surface area contributed by atoms with Gasteiger partial charge in [-0.3, -0.25) is 0 Å². The third-order valence-electron chi connectivity index (χ3n) is 2.62. The van der Waals surface area contributed by atoms with E-state index in [1.54, 1.807) is 30.3 Å². The van der Waals surface area contributed by atoms with Crippen molar-refractivity contribution >= 4 is 15.5 Å². The second-order valence-corrected chi connectivity index (χ2v) is 6.29. The molecule has 0 spiro atoms. The SMILES string of the molecule is CS(=O)(=O)c1cccc(OCc2ccc(N)cc2)c1. The lowest BCUT2D eigenvalue weighted by atomic mass is 10.2. The zero-order chi connectivity index (χ0) is 13.9. The molecule has 0 heterocycles. The summed E-state index contributed by atoms with van der Waals surface area (Å²) in [7, 11) is -3.21. The van der Waals surface area contributed by atoms with E-state index in [1.165, 1.54) is 12.3 Å². The zero-order valence-corrected chi connectivity index (χ0v) is 11.4. The number of sulfone groups is 1. The van der Waals surface area contributed by atoms with Crippen LogP contribution in [-0.2, 0) is 16.4 Å². The van der Waals surface area contributed by atoms with Gasteiger partial charge in [0.15, 0.2) is 9.84 Å². The Bertz CT molecular complexity index is 663. The van der Waals surface area contributed by atoms with Crippen LogP contribution in [0.25, 0.3) is 0 Å². The van der Waals surface area contributed by atoms with E-state index < -0.39 is 9.84 Å². The topological polar surface area (TPSA) is 69.4 Å². The van der Waals surface area contributed by atoms with Crippen LogP contribution in [0.2, 0.25) is 0 Å². The zero-order valence-electron chi connectivity index (χ0n) is 10.5. The fourth-order valence-corrected chi connectivity index (χ4v) is 2.23. The minimum absolute atomic E-state index is 0.252. The Morgan fingerprint density at radius 2 is 1.79 bits per heavy atom. The van der Waals surface area contributed by atoms with Gasteiger partial charge in [-0.2, -0.15) is 0 Å². The van der Waals surface area contributed by atoms with Crippen LogP contribution in [0.15, 0.2) is 53.4 Å². The molecule has 0 aliphatic carbocycles. The minimum atomic E-state index is -3.21. The smallest absolute Gasteiger partial charge is 0.175 e. The molecule has 0 unspecified atom stereocenters. The molecule has 0 aliphatic rings.